The lowest BCUT2D eigenvalue weighted by Gasteiger charge is -2.29. The van der Waals surface area contributed by atoms with E-state index in [1.807, 2.05) is 91.5 Å². The van der Waals surface area contributed by atoms with Crippen molar-refractivity contribution in [1.82, 2.24) is 25.7 Å². The highest BCUT2D eigenvalue weighted by Gasteiger charge is 2.25. The second kappa shape index (κ2) is 13.7. The summed E-state index contributed by atoms with van der Waals surface area (Å²) in [6, 6.07) is 27.4. The minimum atomic E-state index is -0.929. The number of hydrogen-bond donors (Lipinski definition) is 5. The van der Waals surface area contributed by atoms with Gasteiger partial charge < -0.3 is 20.5 Å². The third-order valence-corrected chi connectivity index (χ3v) is 6.30. The third kappa shape index (κ3) is 6.87. The van der Waals surface area contributed by atoms with Gasteiger partial charge in [0.2, 0.25) is 5.95 Å². The number of nitrogens with zero attached hydrogens (tertiary/aromatic N) is 3. The first-order valence-electron chi connectivity index (χ1n) is 13.4. The maximum Gasteiger partial charge on any atom is 0.258 e. The smallest absolute Gasteiger partial charge is 0.258 e. The molecule has 41 heavy (non-hydrogen) atoms. The van der Waals surface area contributed by atoms with Crippen LogP contribution in [0.2, 0.25) is 0 Å². The fraction of sp³-hybridized carbons (Fsp3) is 0.161. The van der Waals surface area contributed by atoms with Crippen molar-refractivity contribution in [3.63, 3.8) is 0 Å². The predicted octanol–water partition coefficient (Wildman–Crippen LogP) is 4.62. The minimum Gasteiger partial charge on any atom is -0.357 e. The van der Waals surface area contributed by atoms with E-state index in [0.29, 0.717) is 11.5 Å². The Morgan fingerprint density at radius 3 is 2.20 bits per heavy atom. The molecule has 5 aromatic rings. The van der Waals surface area contributed by atoms with Crippen molar-refractivity contribution in [3.05, 3.63) is 103 Å². The monoisotopic (exact) mass is 550 g/mol. The second-order valence-corrected chi connectivity index (χ2v) is 8.82. The molecule has 0 aliphatic rings. The number of para-hydroxylation sites is 2. The van der Waals surface area contributed by atoms with Crippen molar-refractivity contribution in [2.75, 3.05) is 23.8 Å². The van der Waals surface area contributed by atoms with Gasteiger partial charge in [0.05, 0.1) is 17.9 Å². The number of fused-ring (bicyclic) bond motifs is 1. The minimum absolute atomic E-state index is 0.168. The summed E-state index contributed by atoms with van der Waals surface area (Å²) in [5.74, 6) is 5.12. The molecule has 0 saturated heterocycles. The zero-order valence-corrected chi connectivity index (χ0v) is 23.3. The van der Waals surface area contributed by atoms with Crippen LogP contribution in [0, 0.1) is 0 Å². The summed E-state index contributed by atoms with van der Waals surface area (Å²) in [4.78, 5) is 40.0. The van der Waals surface area contributed by atoms with E-state index in [9.17, 15) is 9.59 Å². The number of H-pyrrole nitrogens is 1. The summed E-state index contributed by atoms with van der Waals surface area (Å²) in [5, 5.41) is 6.62. The Morgan fingerprint density at radius 2 is 1.59 bits per heavy atom. The number of nitrogens with one attached hydrogen (secondary N) is 4. The number of rotatable bonds is 9. The van der Waals surface area contributed by atoms with Gasteiger partial charge in [-0.25, -0.2) is 15.8 Å². The molecule has 1 atom stereocenters. The van der Waals surface area contributed by atoms with Crippen molar-refractivity contribution >= 4 is 40.0 Å². The first-order valence-corrected chi connectivity index (χ1v) is 13.4. The lowest BCUT2D eigenvalue weighted by Crippen LogP contribution is -2.53. The molecule has 0 spiro atoms. The number of benzene rings is 3. The Labute approximate surface area is 239 Å². The van der Waals surface area contributed by atoms with Gasteiger partial charge in [-0.3, -0.25) is 15.0 Å². The van der Waals surface area contributed by atoms with E-state index in [4.69, 9.17) is 5.84 Å². The van der Waals surface area contributed by atoms with Crippen LogP contribution in [0.15, 0.2) is 97.2 Å². The van der Waals surface area contributed by atoms with Crippen LogP contribution in [0.5, 0.6) is 0 Å². The number of aromatic amines is 1. The third-order valence-electron chi connectivity index (χ3n) is 6.30. The average Bonchev–Trinajstić information content (AvgIpc) is 3.48. The van der Waals surface area contributed by atoms with Crippen molar-refractivity contribution in [3.8, 4) is 11.4 Å². The van der Waals surface area contributed by atoms with Crippen LogP contribution in [-0.4, -0.2) is 46.4 Å². The standard InChI is InChI=1S/C29H28N8O2.C2H6/c1-31-29-32-15-14-24(35-29)25-17-20-16-19(12-13-23(20)33-25)27(38)34-26(28(39)36-30)18-37(21-8-4-2-5-9-21)22-10-6-3-7-11-22;1-2/h2-17,26,33H,18,30H2,1H3,(H,34,38)(H,36,39)(H,31,32,35);1-2H3/t26-;/m0./s1. The molecule has 2 amide bonds. The molecular formula is C31H34N8O2. The number of anilines is 3. The molecule has 2 aromatic heterocycles. The van der Waals surface area contributed by atoms with Gasteiger partial charge in [0, 0.05) is 41.1 Å². The van der Waals surface area contributed by atoms with Crippen LogP contribution < -0.4 is 26.8 Å². The molecule has 0 unspecified atom stereocenters. The molecule has 0 aliphatic carbocycles. The van der Waals surface area contributed by atoms with E-state index >= 15 is 0 Å². The lowest BCUT2D eigenvalue weighted by atomic mass is 10.1. The van der Waals surface area contributed by atoms with Crippen LogP contribution >= 0.6 is 0 Å². The highest BCUT2D eigenvalue weighted by Crippen LogP contribution is 2.26. The fourth-order valence-corrected chi connectivity index (χ4v) is 4.34. The fourth-order valence-electron chi connectivity index (χ4n) is 4.34. The number of nitrogens with two attached hydrogens (primary N) is 1. The van der Waals surface area contributed by atoms with E-state index in [-0.39, 0.29) is 6.54 Å². The van der Waals surface area contributed by atoms with Crippen LogP contribution in [0.1, 0.15) is 24.2 Å². The molecule has 2 heterocycles. The van der Waals surface area contributed by atoms with E-state index in [2.05, 4.69) is 31.0 Å². The second-order valence-electron chi connectivity index (χ2n) is 8.82. The van der Waals surface area contributed by atoms with Crippen molar-refractivity contribution in [1.29, 1.82) is 0 Å². The van der Waals surface area contributed by atoms with Crippen molar-refractivity contribution in [2.24, 2.45) is 5.84 Å². The van der Waals surface area contributed by atoms with Crippen molar-refractivity contribution in [2.45, 2.75) is 19.9 Å². The van der Waals surface area contributed by atoms with Gasteiger partial charge in [-0.05, 0) is 54.6 Å². The maximum atomic E-state index is 13.3. The van der Waals surface area contributed by atoms with Gasteiger partial charge in [-0.2, -0.15) is 0 Å². The van der Waals surface area contributed by atoms with Gasteiger partial charge in [0.15, 0.2) is 0 Å². The topological polar surface area (TPSA) is 141 Å². The summed E-state index contributed by atoms with van der Waals surface area (Å²) >= 11 is 0. The molecular weight excluding hydrogens is 516 g/mol. The molecule has 0 bridgehead atoms. The van der Waals surface area contributed by atoms with Crippen molar-refractivity contribution < 1.29 is 9.59 Å². The molecule has 0 radical (unpaired) electrons. The van der Waals surface area contributed by atoms with Crippen LogP contribution in [0.4, 0.5) is 17.3 Å². The molecule has 0 fully saturated rings. The van der Waals surface area contributed by atoms with Gasteiger partial charge in [-0.15, -0.1) is 0 Å². The SMILES string of the molecule is CC.CNc1nccc(-c2cc3cc(C(=O)N[C@@H](CN(c4ccccc4)c4ccccc4)C(=O)NN)ccc3[nH]2)n1. The Hall–Kier alpha value is -5.22. The average molecular weight is 551 g/mol. The summed E-state index contributed by atoms with van der Waals surface area (Å²) in [5.41, 5.74) is 6.71. The Kier molecular flexibility index (Phi) is 9.63. The zero-order chi connectivity index (χ0) is 29.2. The maximum absolute atomic E-state index is 13.3. The number of carbonyl (C=O) groups excluding carboxylic acids is 2. The Balaban J connectivity index is 0.00000189. The van der Waals surface area contributed by atoms with E-state index in [0.717, 1.165) is 33.7 Å². The molecule has 10 heteroatoms. The molecule has 0 aliphatic heterocycles. The van der Waals surface area contributed by atoms with Gasteiger partial charge in [0.25, 0.3) is 11.8 Å². The first-order chi connectivity index (χ1) is 20.1. The quantitative estimate of drug-likeness (QED) is 0.102. The zero-order valence-electron chi connectivity index (χ0n) is 23.3. The van der Waals surface area contributed by atoms with E-state index in [1.54, 1.807) is 31.4 Å². The predicted molar refractivity (Wildman–Crippen MR) is 164 cm³/mol. The summed E-state index contributed by atoms with van der Waals surface area (Å²) in [7, 11) is 1.76. The molecule has 5 rings (SSSR count). The molecule has 0 saturated carbocycles. The number of hydrazine groups is 1. The number of aromatic nitrogens is 3. The van der Waals surface area contributed by atoms with Crippen LogP contribution in [0.25, 0.3) is 22.3 Å². The highest BCUT2D eigenvalue weighted by molar-refractivity contribution is 6.01. The Morgan fingerprint density at radius 1 is 0.927 bits per heavy atom. The summed E-state index contributed by atoms with van der Waals surface area (Å²) in [6.07, 6.45) is 1.68. The normalized spacial score (nSPS) is 11.1. The summed E-state index contributed by atoms with van der Waals surface area (Å²) in [6.45, 7) is 4.17. The molecule has 210 valence electrons. The van der Waals surface area contributed by atoms with E-state index in [1.165, 1.54) is 0 Å². The van der Waals surface area contributed by atoms with Crippen LogP contribution in [-0.2, 0) is 4.79 Å². The first kappa shape index (κ1) is 28.8. The lowest BCUT2D eigenvalue weighted by molar-refractivity contribution is -0.122. The van der Waals surface area contributed by atoms with E-state index < -0.39 is 17.9 Å². The Bertz CT molecular complexity index is 1550. The van der Waals surface area contributed by atoms with Gasteiger partial charge >= 0.3 is 0 Å². The van der Waals surface area contributed by atoms with Gasteiger partial charge in [-0.1, -0.05) is 50.2 Å². The van der Waals surface area contributed by atoms with Crippen LogP contribution in [0.3, 0.4) is 0 Å². The molecule has 3 aromatic carbocycles. The number of amides is 2. The molecule has 6 N–H and O–H groups in total. The number of carbonyl (C=O) groups is 2. The summed E-state index contributed by atoms with van der Waals surface area (Å²) < 4.78 is 0. The molecule has 10 nitrogen and oxygen atoms in total. The largest absolute Gasteiger partial charge is 0.357 e. The van der Waals surface area contributed by atoms with Gasteiger partial charge in [0.1, 0.15) is 6.04 Å². The highest BCUT2D eigenvalue weighted by atomic mass is 16.2. The number of hydrogen-bond acceptors (Lipinski definition) is 7.